The fourth-order valence-electron chi connectivity index (χ4n) is 7.36. The molecule has 2 saturated carbocycles. The van der Waals surface area contributed by atoms with Crippen molar-refractivity contribution in [2.45, 2.75) is 83.0 Å². The van der Waals surface area contributed by atoms with E-state index in [-0.39, 0.29) is 24.7 Å². The molecule has 0 radical (unpaired) electrons. The molecule has 2 aromatic carbocycles. The van der Waals surface area contributed by atoms with Gasteiger partial charge in [0.1, 0.15) is 23.1 Å². The van der Waals surface area contributed by atoms with Gasteiger partial charge in [-0.25, -0.2) is 9.97 Å². The predicted octanol–water partition coefficient (Wildman–Crippen LogP) is 7.06. The highest BCUT2D eigenvalue weighted by Gasteiger charge is 2.40. The van der Waals surface area contributed by atoms with Gasteiger partial charge in [-0.1, -0.05) is 36.4 Å². The van der Waals surface area contributed by atoms with Crippen LogP contribution in [0.1, 0.15) is 90.9 Å². The van der Waals surface area contributed by atoms with E-state index in [4.69, 9.17) is 24.8 Å². The SMILES string of the molecule is CCOC(=O)CC1CC1c1ccc(O)cc1.O=C(O)CC1CC1c1ccc(OCCc2ccc3c(n2)NCCC3)cc1.OCCc1ccc2c(n1)NCCC2. The van der Waals surface area contributed by atoms with Crippen LogP contribution in [0.4, 0.5) is 11.6 Å². The second-order valence-electron chi connectivity index (χ2n) is 14.7. The van der Waals surface area contributed by atoms with Crippen molar-refractivity contribution in [2.75, 3.05) is 43.5 Å². The third kappa shape index (κ3) is 11.9. The van der Waals surface area contributed by atoms with E-state index in [0.29, 0.717) is 49.7 Å². The van der Waals surface area contributed by atoms with Crippen molar-refractivity contribution in [3.05, 3.63) is 106 Å². The third-order valence-electron chi connectivity index (χ3n) is 10.5. The summed E-state index contributed by atoms with van der Waals surface area (Å²) in [5.74, 6) is 3.93. The molecule has 4 unspecified atom stereocenters. The minimum atomic E-state index is -0.705. The average molecular weight is 751 g/mol. The minimum Gasteiger partial charge on any atom is -0.508 e. The number of aliphatic hydroxyl groups excluding tert-OH is 1. The molecule has 2 aliphatic heterocycles. The Morgan fingerprint density at radius 1 is 0.745 bits per heavy atom. The summed E-state index contributed by atoms with van der Waals surface area (Å²) in [6.45, 7) is 5.06. The van der Waals surface area contributed by atoms with Gasteiger partial charge in [-0.05, 0) is 128 Å². The van der Waals surface area contributed by atoms with E-state index in [0.717, 1.165) is 74.0 Å². The number of hydrogen-bond donors (Lipinski definition) is 5. The van der Waals surface area contributed by atoms with Gasteiger partial charge in [0.15, 0.2) is 0 Å². The number of anilines is 2. The van der Waals surface area contributed by atoms with Crippen LogP contribution >= 0.6 is 0 Å². The number of aromatic hydroxyl groups is 1. The first-order valence-electron chi connectivity index (χ1n) is 19.7. The summed E-state index contributed by atoms with van der Waals surface area (Å²) in [5.41, 5.74) is 7.03. The molecule has 0 saturated heterocycles. The number of phenolic OH excluding ortho intramolecular Hbond substituents is 1. The Bertz CT molecular complexity index is 1870. The number of carboxylic acid groups (broad SMARTS) is 1. The van der Waals surface area contributed by atoms with E-state index in [1.165, 1.54) is 35.1 Å². The molecule has 4 aromatic rings. The van der Waals surface area contributed by atoms with Crippen molar-refractivity contribution in [3.8, 4) is 11.5 Å². The first-order valence-corrected chi connectivity index (χ1v) is 19.7. The summed E-state index contributed by atoms with van der Waals surface area (Å²) >= 11 is 0. The first kappa shape index (κ1) is 39.5. The smallest absolute Gasteiger partial charge is 0.306 e. The van der Waals surface area contributed by atoms with Gasteiger partial charge in [-0.15, -0.1) is 0 Å². The van der Waals surface area contributed by atoms with Crippen LogP contribution in [0.5, 0.6) is 11.5 Å². The molecule has 2 fully saturated rings. The van der Waals surface area contributed by atoms with Gasteiger partial charge >= 0.3 is 11.9 Å². The molecule has 2 aromatic heterocycles. The number of fused-ring (bicyclic) bond motifs is 2. The Kier molecular flexibility index (Phi) is 14.0. The maximum Gasteiger partial charge on any atom is 0.306 e. The van der Waals surface area contributed by atoms with Crippen molar-refractivity contribution in [2.24, 2.45) is 11.8 Å². The number of phenols is 1. The van der Waals surface area contributed by atoms with Gasteiger partial charge < -0.3 is 35.4 Å². The Balaban J connectivity index is 0.000000152. The molecular weight excluding hydrogens is 697 g/mol. The van der Waals surface area contributed by atoms with Crippen LogP contribution in [0.3, 0.4) is 0 Å². The number of pyridine rings is 2. The van der Waals surface area contributed by atoms with Crippen molar-refractivity contribution in [1.29, 1.82) is 0 Å². The number of ether oxygens (including phenoxy) is 2. The molecule has 4 aliphatic rings. The fourth-order valence-corrected chi connectivity index (χ4v) is 7.36. The summed E-state index contributed by atoms with van der Waals surface area (Å²) in [6.07, 6.45) is 8.81. The second kappa shape index (κ2) is 19.4. The van der Waals surface area contributed by atoms with Crippen LogP contribution in [0.25, 0.3) is 0 Å². The number of carbonyl (C=O) groups excluding carboxylic acids is 1. The lowest BCUT2D eigenvalue weighted by molar-refractivity contribution is -0.143. The van der Waals surface area contributed by atoms with Gasteiger partial charge in [0, 0.05) is 56.8 Å². The zero-order chi connectivity index (χ0) is 38.6. The summed E-state index contributed by atoms with van der Waals surface area (Å²) in [7, 11) is 0. The lowest BCUT2D eigenvalue weighted by atomic mass is 10.1. The summed E-state index contributed by atoms with van der Waals surface area (Å²) in [4.78, 5) is 31.1. The lowest BCUT2D eigenvalue weighted by Crippen LogP contribution is -2.14. The van der Waals surface area contributed by atoms with E-state index in [9.17, 15) is 9.59 Å². The highest BCUT2D eigenvalue weighted by molar-refractivity contribution is 5.70. The fraction of sp³-hybridized carbons (Fsp3) is 0.455. The molecule has 11 nitrogen and oxygen atoms in total. The molecule has 0 bridgehead atoms. The van der Waals surface area contributed by atoms with Gasteiger partial charge in [0.25, 0.3) is 0 Å². The van der Waals surface area contributed by atoms with Crippen LogP contribution in [0.15, 0.2) is 72.8 Å². The van der Waals surface area contributed by atoms with Gasteiger partial charge in [0.05, 0.1) is 13.2 Å². The Morgan fingerprint density at radius 2 is 1.29 bits per heavy atom. The number of hydrogen-bond acceptors (Lipinski definition) is 10. The van der Waals surface area contributed by atoms with Crippen molar-refractivity contribution < 1.29 is 34.4 Å². The van der Waals surface area contributed by atoms with Crippen LogP contribution in [0, 0.1) is 11.8 Å². The molecule has 292 valence electrons. The second-order valence-corrected chi connectivity index (χ2v) is 14.7. The van der Waals surface area contributed by atoms with Gasteiger partial charge in [0.2, 0.25) is 0 Å². The number of carbonyl (C=O) groups is 2. The standard InChI is InChI=1S/C21H24N2O3.C13H16O3.C10H14N2O/c24-20(25)13-16-12-19(16)14-4-7-18(8-5-14)26-11-9-17-6-3-15-2-1-10-22-21(15)23-17;1-2-16-13(15)8-10-7-12(10)9-3-5-11(14)6-4-9;13-7-5-9-4-3-8-2-1-6-11-10(8)12-9/h3-8,16,19H,1-2,9-13H2,(H,22,23)(H,24,25);3-6,10,12,14H,2,7-8H2,1H3;3-4,13H,1-2,5-7H2,(H,11,12). The molecule has 0 amide bonds. The van der Waals surface area contributed by atoms with E-state index in [2.05, 4.69) is 50.9 Å². The molecule has 11 heteroatoms. The summed E-state index contributed by atoms with van der Waals surface area (Å²) in [6, 6.07) is 23.7. The monoisotopic (exact) mass is 750 g/mol. The lowest BCUT2D eigenvalue weighted by Gasteiger charge is -2.17. The van der Waals surface area contributed by atoms with Crippen molar-refractivity contribution >= 4 is 23.6 Å². The molecular formula is C44H54N4O7. The van der Waals surface area contributed by atoms with Crippen LogP contribution in [0.2, 0.25) is 0 Å². The number of aliphatic carboxylic acids is 1. The Labute approximate surface area is 323 Å². The number of nitrogens with one attached hydrogen (secondary N) is 2. The van der Waals surface area contributed by atoms with Crippen molar-refractivity contribution in [3.63, 3.8) is 0 Å². The zero-order valence-electron chi connectivity index (χ0n) is 31.7. The molecule has 0 spiro atoms. The number of benzene rings is 2. The summed E-state index contributed by atoms with van der Waals surface area (Å²) < 4.78 is 10.8. The number of carboxylic acids is 1. The van der Waals surface area contributed by atoms with Crippen LogP contribution in [-0.4, -0.2) is 70.1 Å². The molecule has 4 heterocycles. The van der Waals surface area contributed by atoms with Crippen LogP contribution in [-0.2, 0) is 40.0 Å². The number of aryl methyl sites for hydroxylation is 2. The Morgan fingerprint density at radius 3 is 1.84 bits per heavy atom. The number of aliphatic hydroxyl groups is 1. The van der Waals surface area contributed by atoms with Gasteiger partial charge in [-0.2, -0.15) is 0 Å². The van der Waals surface area contributed by atoms with E-state index < -0.39 is 5.97 Å². The van der Waals surface area contributed by atoms with E-state index >= 15 is 0 Å². The maximum absolute atomic E-state index is 11.3. The first-order chi connectivity index (χ1) is 26.8. The van der Waals surface area contributed by atoms with E-state index in [1.54, 1.807) is 12.1 Å². The topological polar surface area (TPSA) is 163 Å². The maximum atomic E-state index is 11.3. The number of aromatic nitrogens is 2. The zero-order valence-corrected chi connectivity index (χ0v) is 31.7. The highest BCUT2D eigenvalue weighted by Crippen LogP contribution is 2.50. The number of nitrogens with zero attached hydrogens (tertiary/aromatic N) is 2. The Hall–Kier alpha value is -5.16. The third-order valence-corrected chi connectivity index (χ3v) is 10.5. The average Bonchev–Trinajstić information content (AvgIpc) is 4.13. The molecule has 5 N–H and O–H groups in total. The molecule has 2 aliphatic carbocycles. The largest absolute Gasteiger partial charge is 0.508 e. The normalized spacial score (nSPS) is 20.0. The quantitative estimate of drug-likeness (QED) is 0.0889. The van der Waals surface area contributed by atoms with Crippen molar-refractivity contribution in [1.82, 2.24) is 9.97 Å². The number of rotatable bonds is 13. The minimum absolute atomic E-state index is 0.103. The highest BCUT2D eigenvalue weighted by atomic mass is 16.5. The molecule has 8 rings (SSSR count). The molecule has 55 heavy (non-hydrogen) atoms. The number of esters is 1. The molecule has 4 atom stereocenters. The van der Waals surface area contributed by atoms with E-state index in [1.807, 2.05) is 37.3 Å². The summed E-state index contributed by atoms with van der Waals surface area (Å²) in [5, 5.41) is 33.4. The van der Waals surface area contributed by atoms with Crippen LogP contribution < -0.4 is 15.4 Å². The predicted molar refractivity (Wildman–Crippen MR) is 212 cm³/mol. The van der Waals surface area contributed by atoms with Gasteiger partial charge in [-0.3, -0.25) is 9.59 Å².